The third-order valence-electron chi connectivity index (χ3n) is 3.21. The highest BCUT2D eigenvalue weighted by molar-refractivity contribution is 9.10. The van der Waals surface area contributed by atoms with E-state index < -0.39 is 0 Å². The number of hydrogen-bond donors (Lipinski definition) is 1. The molecule has 1 fully saturated rings. The average molecular weight is 330 g/mol. The van der Waals surface area contributed by atoms with Crippen molar-refractivity contribution in [2.24, 2.45) is 0 Å². The van der Waals surface area contributed by atoms with Crippen molar-refractivity contribution in [2.75, 3.05) is 6.61 Å². The van der Waals surface area contributed by atoms with Gasteiger partial charge >= 0.3 is 0 Å². The molecule has 19 heavy (non-hydrogen) atoms. The van der Waals surface area contributed by atoms with E-state index in [0.29, 0.717) is 16.6 Å². The lowest BCUT2D eigenvalue weighted by molar-refractivity contribution is -0.0615. The van der Waals surface area contributed by atoms with Crippen LogP contribution in [0.2, 0.25) is 0 Å². The van der Waals surface area contributed by atoms with Crippen molar-refractivity contribution >= 4 is 21.8 Å². The maximum Gasteiger partial charge on any atom is 0.252 e. The van der Waals surface area contributed by atoms with Crippen LogP contribution in [0.15, 0.2) is 22.7 Å². The molecule has 0 radical (unpaired) electrons. The molecule has 1 aliphatic rings. The van der Waals surface area contributed by atoms with Gasteiger partial charge in [0.2, 0.25) is 0 Å². The van der Waals surface area contributed by atoms with E-state index in [4.69, 9.17) is 4.74 Å². The summed E-state index contributed by atoms with van der Waals surface area (Å²) in [7, 11) is 0. The second kappa shape index (κ2) is 5.59. The third kappa shape index (κ3) is 3.76. The third-order valence-corrected chi connectivity index (χ3v) is 3.86. The Balaban J connectivity index is 2.04. The summed E-state index contributed by atoms with van der Waals surface area (Å²) in [6.07, 6.45) is 1.57. The maximum absolute atomic E-state index is 13.0. The van der Waals surface area contributed by atoms with Gasteiger partial charge < -0.3 is 10.1 Å². The fraction of sp³-hybridized carbons (Fsp3) is 0.500. The number of nitrogens with one attached hydrogen (secondary N) is 1. The summed E-state index contributed by atoms with van der Waals surface area (Å²) in [4.78, 5) is 12.2. The Morgan fingerprint density at radius 3 is 2.89 bits per heavy atom. The molecule has 0 spiro atoms. The van der Waals surface area contributed by atoms with Gasteiger partial charge in [-0.25, -0.2) is 4.39 Å². The highest BCUT2D eigenvalue weighted by Crippen LogP contribution is 2.25. The quantitative estimate of drug-likeness (QED) is 0.904. The average Bonchev–Trinajstić information content (AvgIpc) is 2.27. The van der Waals surface area contributed by atoms with Gasteiger partial charge in [-0.1, -0.05) is 0 Å². The number of carbonyl (C=O) groups excluding carboxylic acids is 1. The van der Waals surface area contributed by atoms with Gasteiger partial charge in [-0.15, -0.1) is 0 Å². The van der Waals surface area contributed by atoms with E-state index >= 15 is 0 Å². The van der Waals surface area contributed by atoms with E-state index in [0.717, 1.165) is 12.8 Å². The SMILES string of the molecule is CC1(C)CC(NC(=O)c2ccc(F)cc2Br)CCO1. The molecule has 1 aromatic carbocycles. The summed E-state index contributed by atoms with van der Waals surface area (Å²) >= 11 is 3.21. The molecule has 5 heteroatoms. The summed E-state index contributed by atoms with van der Waals surface area (Å²) in [6.45, 7) is 4.67. The predicted octanol–water partition coefficient (Wildman–Crippen LogP) is 3.28. The van der Waals surface area contributed by atoms with E-state index in [9.17, 15) is 9.18 Å². The van der Waals surface area contributed by atoms with E-state index in [1.54, 1.807) is 0 Å². The lowest BCUT2D eigenvalue weighted by Gasteiger charge is -2.35. The number of rotatable bonds is 2. The lowest BCUT2D eigenvalue weighted by atomic mass is 9.94. The molecule has 1 atom stereocenters. The van der Waals surface area contributed by atoms with Crippen molar-refractivity contribution in [1.82, 2.24) is 5.32 Å². The first-order valence-electron chi connectivity index (χ1n) is 6.27. The van der Waals surface area contributed by atoms with Crippen LogP contribution in [0.5, 0.6) is 0 Å². The largest absolute Gasteiger partial charge is 0.375 e. The summed E-state index contributed by atoms with van der Waals surface area (Å²) in [5, 5.41) is 2.98. The minimum atomic E-state index is -0.365. The molecule has 3 nitrogen and oxygen atoms in total. The molecule has 1 saturated heterocycles. The van der Waals surface area contributed by atoms with Crippen molar-refractivity contribution in [3.63, 3.8) is 0 Å². The molecule has 1 N–H and O–H groups in total. The number of halogens is 2. The van der Waals surface area contributed by atoms with Crippen molar-refractivity contribution < 1.29 is 13.9 Å². The zero-order chi connectivity index (χ0) is 14.0. The molecular weight excluding hydrogens is 313 g/mol. The highest BCUT2D eigenvalue weighted by Gasteiger charge is 2.30. The van der Waals surface area contributed by atoms with Crippen molar-refractivity contribution in [3.05, 3.63) is 34.1 Å². The minimum absolute atomic E-state index is 0.0909. The number of amides is 1. The normalized spacial score (nSPS) is 22.0. The monoisotopic (exact) mass is 329 g/mol. The van der Waals surface area contributed by atoms with Crippen LogP contribution in [-0.4, -0.2) is 24.2 Å². The fourth-order valence-electron chi connectivity index (χ4n) is 2.29. The standard InChI is InChI=1S/C14H17BrFNO2/c1-14(2)8-10(5-6-19-14)17-13(18)11-4-3-9(16)7-12(11)15/h3-4,7,10H,5-6,8H2,1-2H3,(H,17,18). The molecule has 0 bridgehead atoms. The van der Waals surface area contributed by atoms with Gasteiger partial charge in [-0.05, 0) is 60.8 Å². The van der Waals surface area contributed by atoms with Crippen LogP contribution in [0, 0.1) is 5.82 Å². The molecule has 1 amide bonds. The van der Waals surface area contributed by atoms with Crippen molar-refractivity contribution in [3.8, 4) is 0 Å². The molecule has 1 aromatic rings. The van der Waals surface area contributed by atoms with Gasteiger partial charge in [-0.3, -0.25) is 4.79 Å². The zero-order valence-corrected chi connectivity index (χ0v) is 12.6. The lowest BCUT2D eigenvalue weighted by Crippen LogP contribution is -2.45. The summed E-state index contributed by atoms with van der Waals surface area (Å²) in [5.74, 6) is -0.551. The van der Waals surface area contributed by atoms with E-state index in [-0.39, 0.29) is 23.4 Å². The predicted molar refractivity (Wildman–Crippen MR) is 74.6 cm³/mol. The van der Waals surface area contributed by atoms with Gasteiger partial charge in [0.15, 0.2) is 0 Å². The first-order valence-corrected chi connectivity index (χ1v) is 7.06. The van der Waals surface area contributed by atoms with E-state index in [2.05, 4.69) is 21.2 Å². The molecule has 1 aliphatic heterocycles. The second-order valence-corrected chi connectivity index (χ2v) is 6.25. The zero-order valence-electron chi connectivity index (χ0n) is 11.0. The molecule has 1 unspecified atom stereocenters. The summed E-state index contributed by atoms with van der Waals surface area (Å²) < 4.78 is 19.1. The topological polar surface area (TPSA) is 38.3 Å². The second-order valence-electron chi connectivity index (χ2n) is 5.40. The van der Waals surface area contributed by atoms with Crippen LogP contribution in [0.4, 0.5) is 4.39 Å². The first-order chi connectivity index (χ1) is 8.87. The molecule has 104 valence electrons. The number of ether oxygens (including phenoxy) is 1. The first kappa shape index (κ1) is 14.5. The number of carbonyl (C=O) groups is 1. The summed E-state index contributed by atoms with van der Waals surface area (Å²) in [6, 6.07) is 4.16. The Morgan fingerprint density at radius 2 is 2.26 bits per heavy atom. The maximum atomic E-state index is 13.0. The van der Waals surface area contributed by atoms with Crippen molar-refractivity contribution in [2.45, 2.75) is 38.3 Å². The van der Waals surface area contributed by atoms with Gasteiger partial charge in [0.1, 0.15) is 5.82 Å². The molecule has 0 saturated carbocycles. The molecule has 0 aromatic heterocycles. The summed E-state index contributed by atoms with van der Waals surface area (Å²) in [5.41, 5.74) is 0.238. The van der Waals surface area contributed by atoms with Gasteiger partial charge in [0, 0.05) is 17.1 Å². The van der Waals surface area contributed by atoms with Crippen molar-refractivity contribution in [1.29, 1.82) is 0 Å². The van der Waals surface area contributed by atoms with Gasteiger partial charge in [0.05, 0.1) is 11.2 Å². The molecule has 1 heterocycles. The van der Waals surface area contributed by atoms with Crippen LogP contribution in [-0.2, 0) is 4.74 Å². The molecule has 2 rings (SSSR count). The molecule has 0 aliphatic carbocycles. The Morgan fingerprint density at radius 1 is 1.53 bits per heavy atom. The Bertz CT molecular complexity index is 490. The smallest absolute Gasteiger partial charge is 0.252 e. The van der Waals surface area contributed by atoms with Crippen LogP contribution in [0.25, 0.3) is 0 Å². The van der Waals surface area contributed by atoms with Crippen LogP contribution >= 0.6 is 15.9 Å². The number of benzene rings is 1. The van der Waals surface area contributed by atoms with Crippen LogP contribution < -0.4 is 5.32 Å². The Labute approximate surface area is 120 Å². The van der Waals surface area contributed by atoms with Crippen LogP contribution in [0.3, 0.4) is 0 Å². The van der Waals surface area contributed by atoms with E-state index in [1.807, 2.05) is 13.8 Å². The van der Waals surface area contributed by atoms with Gasteiger partial charge in [-0.2, -0.15) is 0 Å². The minimum Gasteiger partial charge on any atom is -0.375 e. The fourth-order valence-corrected chi connectivity index (χ4v) is 2.82. The Kier molecular flexibility index (Phi) is 4.26. The van der Waals surface area contributed by atoms with E-state index in [1.165, 1.54) is 18.2 Å². The van der Waals surface area contributed by atoms with Crippen LogP contribution in [0.1, 0.15) is 37.0 Å². The van der Waals surface area contributed by atoms with Gasteiger partial charge in [0.25, 0.3) is 5.91 Å². The Hall–Kier alpha value is -0.940. The molecular formula is C14H17BrFNO2. The number of hydrogen-bond acceptors (Lipinski definition) is 2. The highest BCUT2D eigenvalue weighted by atomic mass is 79.9.